The summed E-state index contributed by atoms with van der Waals surface area (Å²) < 4.78 is 3.42. The molecule has 3 aromatic rings. The standard InChI is InChI=1S/C18H16BrN.C2H2/c1-3-6-17-13(2)16-7-4-5-8-18(16)20(17)15-11-9-14(19)10-12-15;1-2/h3-12H,1-2H3;1-2H/b6-3-;. The lowest BCUT2D eigenvalue weighted by molar-refractivity contribution is 1.09. The number of aryl methyl sites for hydroxylation is 1. The Morgan fingerprint density at radius 1 is 1.00 bits per heavy atom. The average molecular weight is 352 g/mol. The Balaban J connectivity index is 0.000000847. The van der Waals surface area contributed by atoms with Gasteiger partial charge in [-0.05, 0) is 55.8 Å². The fourth-order valence-corrected chi connectivity index (χ4v) is 2.91. The lowest BCUT2D eigenvalue weighted by atomic mass is 10.1. The second-order valence-corrected chi connectivity index (χ2v) is 5.75. The van der Waals surface area contributed by atoms with Crippen LogP contribution >= 0.6 is 15.9 Å². The van der Waals surface area contributed by atoms with E-state index in [0.717, 1.165) is 4.47 Å². The van der Waals surface area contributed by atoms with Crippen LogP contribution in [0.25, 0.3) is 22.7 Å². The fourth-order valence-electron chi connectivity index (χ4n) is 2.65. The zero-order valence-electron chi connectivity index (χ0n) is 12.8. The van der Waals surface area contributed by atoms with Crippen LogP contribution in [-0.4, -0.2) is 4.57 Å². The molecule has 0 amide bonds. The van der Waals surface area contributed by atoms with Gasteiger partial charge in [-0.2, -0.15) is 0 Å². The quantitative estimate of drug-likeness (QED) is 0.500. The maximum atomic E-state index is 4.00. The van der Waals surface area contributed by atoms with Crippen molar-refractivity contribution in [2.24, 2.45) is 0 Å². The van der Waals surface area contributed by atoms with E-state index in [1.165, 1.54) is 27.8 Å². The van der Waals surface area contributed by atoms with Gasteiger partial charge in [0.25, 0.3) is 0 Å². The molecule has 0 saturated heterocycles. The van der Waals surface area contributed by atoms with E-state index in [-0.39, 0.29) is 0 Å². The van der Waals surface area contributed by atoms with Crippen molar-refractivity contribution in [3.05, 3.63) is 70.3 Å². The highest BCUT2D eigenvalue weighted by molar-refractivity contribution is 9.10. The van der Waals surface area contributed by atoms with Crippen LogP contribution in [-0.2, 0) is 0 Å². The van der Waals surface area contributed by atoms with Crippen molar-refractivity contribution < 1.29 is 0 Å². The predicted octanol–water partition coefficient (Wildman–Crippen LogP) is 5.98. The van der Waals surface area contributed by atoms with Crippen LogP contribution in [0.5, 0.6) is 0 Å². The van der Waals surface area contributed by atoms with E-state index in [9.17, 15) is 0 Å². The predicted molar refractivity (Wildman–Crippen MR) is 100 cm³/mol. The molecule has 0 saturated carbocycles. The van der Waals surface area contributed by atoms with E-state index in [1.807, 2.05) is 0 Å². The van der Waals surface area contributed by atoms with E-state index < -0.39 is 0 Å². The van der Waals surface area contributed by atoms with Gasteiger partial charge in [0.2, 0.25) is 0 Å². The minimum Gasteiger partial charge on any atom is -0.310 e. The first-order chi connectivity index (χ1) is 10.7. The Morgan fingerprint density at radius 3 is 2.27 bits per heavy atom. The normalized spacial score (nSPS) is 10.6. The molecule has 0 unspecified atom stereocenters. The molecule has 3 rings (SSSR count). The average Bonchev–Trinajstić information content (AvgIpc) is 2.84. The zero-order valence-corrected chi connectivity index (χ0v) is 14.3. The van der Waals surface area contributed by atoms with Gasteiger partial charge in [0.1, 0.15) is 0 Å². The van der Waals surface area contributed by atoms with E-state index >= 15 is 0 Å². The molecule has 0 N–H and O–H groups in total. The molecule has 0 aliphatic carbocycles. The third-order valence-electron chi connectivity index (χ3n) is 3.58. The van der Waals surface area contributed by atoms with Gasteiger partial charge in [-0.3, -0.25) is 0 Å². The van der Waals surface area contributed by atoms with Crippen LogP contribution in [0.4, 0.5) is 0 Å². The summed E-state index contributed by atoms with van der Waals surface area (Å²) in [7, 11) is 0. The number of hydrogen-bond donors (Lipinski definition) is 0. The van der Waals surface area contributed by atoms with Crippen LogP contribution in [0.2, 0.25) is 0 Å². The minimum atomic E-state index is 1.10. The molecule has 22 heavy (non-hydrogen) atoms. The van der Waals surface area contributed by atoms with Crippen LogP contribution in [0, 0.1) is 19.8 Å². The van der Waals surface area contributed by atoms with Crippen molar-refractivity contribution in [1.82, 2.24) is 4.57 Å². The molecule has 0 atom stereocenters. The number of terminal acetylenes is 1. The van der Waals surface area contributed by atoms with Crippen molar-refractivity contribution in [2.45, 2.75) is 13.8 Å². The summed E-state index contributed by atoms with van der Waals surface area (Å²) in [6.45, 7) is 4.25. The Morgan fingerprint density at radius 2 is 1.64 bits per heavy atom. The number of aromatic nitrogens is 1. The van der Waals surface area contributed by atoms with E-state index in [4.69, 9.17) is 0 Å². The van der Waals surface area contributed by atoms with E-state index in [0.29, 0.717) is 0 Å². The second-order valence-electron chi connectivity index (χ2n) is 4.84. The Bertz CT molecular complexity index is 820. The monoisotopic (exact) mass is 351 g/mol. The summed E-state index contributed by atoms with van der Waals surface area (Å²) in [5.41, 5.74) is 5.00. The third-order valence-corrected chi connectivity index (χ3v) is 4.11. The number of para-hydroxylation sites is 1. The molecule has 0 bridgehead atoms. The largest absolute Gasteiger partial charge is 0.310 e. The maximum Gasteiger partial charge on any atom is 0.0537 e. The highest BCUT2D eigenvalue weighted by Crippen LogP contribution is 2.30. The summed E-state index contributed by atoms with van der Waals surface area (Å²) in [5.74, 6) is 0. The van der Waals surface area contributed by atoms with Gasteiger partial charge in [0.05, 0.1) is 5.52 Å². The van der Waals surface area contributed by atoms with Crippen molar-refractivity contribution >= 4 is 32.9 Å². The lowest BCUT2D eigenvalue weighted by Crippen LogP contribution is -1.96. The topological polar surface area (TPSA) is 4.93 Å². The molecule has 0 radical (unpaired) electrons. The molecule has 1 heterocycles. The number of hydrogen-bond acceptors (Lipinski definition) is 0. The Hall–Kier alpha value is -2.24. The van der Waals surface area contributed by atoms with Gasteiger partial charge < -0.3 is 4.57 Å². The van der Waals surface area contributed by atoms with E-state index in [2.05, 4.69) is 108 Å². The molecule has 2 aromatic carbocycles. The molecular formula is C20H18BrN. The van der Waals surface area contributed by atoms with Crippen LogP contribution in [0.3, 0.4) is 0 Å². The first kappa shape index (κ1) is 16.1. The number of nitrogens with zero attached hydrogens (tertiary/aromatic N) is 1. The van der Waals surface area contributed by atoms with Gasteiger partial charge in [-0.15, -0.1) is 12.8 Å². The summed E-state index contributed by atoms with van der Waals surface area (Å²) in [6.07, 6.45) is 12.3. The molecule has 0 aliphatic rings. The molecule has 2 heteroatoms. The third kappa shape index (κ3) is 2.86. The zero-order chi connectivity index (χ0) is 16.1. The van der Waals surface area contributed by atoms with Crippen molar-refractivity contribution in [3.8, 4) is 18.5 Å². The number of rotatable bonds is 2. The first-order valence-electron chi connectivity index (χ1n) is 7.04. The highest BCUT2D eigenvalue weighted by Gasteiger charge is 2.12. The van der Waals surface area contributed by atoms with Crippen LogP contribution in [0.1, 0.15) is 18.2 Å². The van der Waals surface area contributed by atoms with Crippen molar-refractivity contribution in [2.75, 3.05) is 0 Å². The minimum absolute atomic E-state index is 1.10. The Labute approximate surface area is 140 Å². The number of fused-ring (bicyclic) bond motifs is 1. The molecular weight excluding hydrogens is 334 g/mol. The molecule has 0 fully saturated rings. The fraction of sp³-hybridized carbons (Fsp3) is 0.100. The summed E-state index contributed by atoms with van der Waals surface area (Å²) >= 11 is 3.50. The molecule has 0 spiro atoms. The smallest absolute Gasteiger partial charge is 0.0537 e. The summed E-state index contributed by atoms with van der Waals surface area (Å²) in [4.78, 5) is 0. The number of allylic oxidation sites excluding steroid dienone is 1. The molecule has 110 valence electrons. The highest BCUT2D eigenvalue weighted by atomic mass is 79.9. The van der Waals surface area contributed by atoms with Crippen LogP contribution < -0.4 is 0 Å². The molecule has 1 aromatic heterocycles. The van der Waals surface area contributed by atoms with Gasteiger partial charge >= 0.3 is 0 Å². The lowest BCUT2D eigenvalue weighted by Gasteiger charge is -2.09. The van der Waals surface area contributed by atoms with Gasteiger partial charge in [0, 0.05) is 21.2 Å². The van der Waals surface area contributed by atoms with Crippen LogP contribution in [0.15, 0.2) is 59.1 Å². The Kier molecular flexibility index (Phi) is 5.25. The van der Waals surface area contributed by atoms with Gasteiger partial charge in [-0.25, -0.2) is 0 Å². The molecule has 0 aliphatic heterocycles. The van der Waals surface area contributed by atoms with E-state index in [1.54, 1.807) is 0 Å². The number of benzene rings is 2. The first-order valence-corrected chi connectivity index (χ1v) is 7.83. The summed E-state index contributed by atoms with van der Waals surface area (Å²) in [6, 6.07) is 17.0. The van der Waals surface area contributed by atoms with Crippen molar-refractivity contribution in [3.63, 3.8) is 0 Å². The maximum absolute atomic E-state index is 4.00. The van der Waals surface area contributed by atoms with Gasteiger partial charge in [-0.1, -0.05) is 40.2 Å². The van der Waals surface area contributed by atoms with Gasteiger partial charge in [0.15, 0.2) is 0 Å². The second kappa shape index (κ2) is 7.15. The van der Waals surface area contributed by atoms with Crippen molar-refractivity contribution in [1.29, 1.82) is 0 Å². The summed E-state index contributed by atoms with van der Waals surface area (Å²) in [5, 5.41) is 1.31. The number of halogens is 1. The molecule has 1 nitrogen and oxygen atoms in total. The SMILES string of the molecule is C#C.C/C=C\c1c(C)c2ccccc2n1-c1ccc(Br)cc1.